The molecular formula is C11H25N3. The first-order chi connectivity index (χ1) is 6.56. The molecule has 0 aliphatic carbocycles. The Labute approximate surface area is 88.2 Å². The van der Waals surface area contributed by atoms with E-state index in [1.165, 1.54) is 12.8 Å². The average molecular weight is 199 g/mol. The van der Waals surface area contributed by atoms with Crippen molar-refractivity contribution in [2.45, 2.75) is 58.5 Å². The van der Waals surface area contributed by atoms with Crippen molar-refractivity contribution in [1.82, 2.24) is 4.90 Å². The summed E-state index contributed by atoms with van der Waals surface area (Å²) in [6.45, 7) is 6.59. The Balaban J connectivity index is 4.27. The smallest absolute Gasteiger partial charge is 0.0921 e. The molecule has 0 aromatic carbocycles. The third-order valence-electron chi connectivity index (χ3n) is 3.02. The van der Waals surface area contributed by atoms with Crippen LogP contribution in [0.5, 0.6) is 0 Å². The zero-order valence-electron chi connectivity index (χ0n) is 10.0. The van der Waals surface area contributed by atoms with Crippen molar-refractivity contribution in [2.24, 2.45) is 5.73 Å². The molecule has 0 saturated heterocycles. The van der Waals surface area contributed by atoms with Crippen molar-refractivity contribution in [3.8, 4) is 0 Å². The van der Waals surface area contributed by atoms with E-state index in [0.29, 0.717) is 24.3 Å². The van der Waals surface area contributed by atoms with Gasteiger partial charge in [-0.2, -0.15) is 0 Å². The zero-order chi connectivity index (χ0) is 11.1. The maximum Gasteiger partial charge on any atom is 0.0921 e. The fraction of sp³-hybridized carbons (Fsp3) is 0.909. The van der Waals surface area contributed by atoms with E-state index in [4.69, 9.17) is 11.1 Å². The molecular weight excluding hydrogens is 174 g/mol. The number of rotatable bonds is 7. The third kappa shape index (κ3) is 4.09. The van der Waals surface area contributed by atoms with Gasteiger partial charge in [-0.05, 0) is 26.3 Å². The molecule has 14 heavy (non-hydrogen) atoms. The molecule has 0 saturated carbocycles. The van der Waals surface area contributed by atoms with Gasteiger partial charge >= 0.3 is 0 Å². The summed E-state index contributed by atoms with van der Waals surface area (Å²) < 4.78 is 0. The molecule has 0 bridgehead atoms. The van der Waals surface area contributed by atoms with Crippen molar-refractivity contribution in [2.75, 3.05) is 7.05 Å². The minimum absolute atomic E-state index is 0.301. The summed E-state index contributed by atoms with van der Waals surface area (Å²) in [5.41, 5.74) is 5.45. The third-order valence-corrected chi connectivity index (χ3v) is 3.02. The molecule has 3 nitrogen and oxygen atoms in total. The van der Waals surface area contributed by atoms with E-state index in [1.807, 2.05) is 0 Å². The summed E-state index contributed by atoms with van der Waals surface area (Å²) in [6, 6.07) is 1.05. The Hall–Kier alpha value is -0.570. The van der Waals surface area contributed by atoms with E-state index in [1.54, 1.807) is 0 Å². The van der Waals surface area contributed by atoms with Crippen molar-refractivity contribution in [3.05, 3.63) is 0 Å². The molecule has 0 heterocycles. The van der Waals surface area contributed by atoms with Gasteiger partial charge in [0.15, 0.2) is 0 Å². The molecule has 0 aromatic heterocycles. The maximum atomic E-state index is 7.33. The van der Waals surface area contributed by atoms with Crippen LogP contribution in [0.15, 0.2) is 0 Å². The number of nitrogens with zero attached hydrogens (tertiary/aromatic N) is 1. The summed E-state index contributed by atoms with van der Waals surface area (Å²) in [7, 11) is 2.15. The molecule has 0 aromatic rings. The molecule has 0 radical (unpaired) electrons. The molecule has 0 rings (SSSR count). The standard InChI is InChI=1S/C11H25N3/c1-5-9(6-2)14(4)10(7-3)8-11(12)13/h9-10H,5-8H2,1-4H3,(H3,12,13). The van der Waals surface area contributed by atoms with Crippen LogP contribution < -0.4 is 5.73 Å². The second-order valence-corrected chi connectivity index (χ2v) is 3.93. The van der Waals surface area contributed by atoms with Crippen LogP contribution in [0, 0.1) is 5.41 Å². The van der Waals surface area contributed by atoms with E-state index in [0.717, 1.165) is 6.42 Å². The number of amidine groups is 1. The van der Waals surface area contributed by atoms with E-state index in [2.05, 4.69) is 32.7 Å². The largest absolute Gasteiger partial charge is 0.388 e. The van der Waals surface area contributed by atoms with Crippen LogP contribution in [0.2, 0.25) is 0 Å². The number of hydrogen-bond acceptors (Lipinski definition) is 2. The van der Waals surface area contributed by atoms with Gasteiger partial charge < -0.3 is 10.6 Å². The van der Waals surface area contributed by atoms with Gasteiger partial charge in [0.1, 0.15) is 0 Å². The summed E-state index contributed by atoms with van der Waals surface area (Å²) in [5, 5.41) is 7.33. The van der Waals surface area contributed by atoms with Crippen LogP contribution in [0.1, 0.15) is 46.5 Å². The van der Waals surface area contributed by atoms with Gasteiger partial charge in [0, 0.05) is 18.5 Å². The lowest BCUT2D eigenvalue weighted by atomic mass is 10.0. The molecule has 0 aliphatic heterocycles. The maximum absolute atomic E-state index is 7.33. The lowest BCUT2D eigenvalue weighted by molar-refractivity contribution is 0.162. The Bertz CT molecular complexity index is 164. The summed E-state index contributed by atoms with van der Waals surface area (Å²) in [5.74, 6) is 0.301. The SMILES string of the molecule is CCC(CC)N(C)C(CC)CC(=N)N. The first kappa shape index (κ1) is 13.4. The van der Waals surface area contributed by atoms with E-state index < -0.39 is 0 Å². The second kappa shape index (κ2) is 6.82. The fourth-order valence-corrected chi connectivity index (χ4v) is 1.99. The van der Waals surface area contributed by atoms with Crippen LogP contribution in [0.3, 0.4) is 0 Å². The van der Waals surface area contributed by atoms with Crippen LogP contribution in [-0.4, -0.2) is 29.9 Å². The van der Waals surface area contributed by atoms with Crippen molar-refractivity contribution < 1.29 is 0 Å². The minimum atomic E-state index is 0.301. The number of nitrogens with two attached hydrogens (primary N) is 1. The summed E-state index contributed by atoms with van der Waals surface area (Å²) >= 11 is 0. The number of nitrogens with one attached hydrogen (secondary N) is 1. The minimum Gasteiger partial charge on any atom is -0.388 e. The van der Waals surface area contributed by atoms with Crippen molar-refractivity contribution in [1.29, 1.82) is 5.41 Å². The van der Waals surface area contributed by atoms with Gasteiger partial charge in [0.05, 0.1) is 5.84 Å². The van der Waals surface area contributed by atoms with Crippen LogP contribution >= 0.6 is 0 Å². The topological polar surface area (TPSA) is 53.1 Å². The van der Waals surface area contributed by atoms with Gasteiger partial charge in [-0.15, -0.1) is 0 Å². The van der Waals surface area contributed by atoms with Gasteiger partial charge in [-0.3, -0.25) is 5.41 Å². The van der Waals surface area contributed by atoms with Crippen molar-refractivity contribution >= 4 is 5.84 Å². The molecule has 3 N–H and O–H groups in total. The first-order valence-electron chi connectivity index (χ1n) is 5.61. The molecule has 0 aliphatic rings. The van der Waals surface area contributed by atoms with E-state index in [9.17, 15) is 0 Å². The zero-order valence-corrected chi connectivity index (χ0v) is 10.0. The second-order valence-electron chi connectivity index (χ2n) is 3.93. The molecule has 1 atom stereocenters. The molecule has 84 valence electrons. The van der Waals surface area contributed by atoms with Crippen LogP contribution in [0.4, 0.5) is 0 Å². The lowest BCUT2D eigenvalue weighted by Gasteiger charge is -2.33. The monoisotopic (exact) mass is 199 g/mol. The quantitative estimate of drug-likeness (QED) is 0.488. The molecule has 3 heteroatoms. The van der Waals surface area contributed by atoms with E-state index >= 15 is 0 Å². The molecule has 1 unspecified atom stereocenters. The Morgan fingerprint density at radius 1 is 1.14 bits per heavy atom. The highest BCUT2D eigenvalue weighted by molar-refractivity contribution is 5.77. The predicted molar refractivity (Wildman–Crippen MR) is 62.7 cm³/mol. The summed E-state index contributed by atoms with van der Waals surface area (Å²) in [4.78, 5) is 2.38. The normalized spacial score (nSPS) is 13.6. The highest BCUT2D eigenvalue weighted by Crippen LogP contribution is 2.14. The highest BCUT2D eigenvalue weighted by Gasteiger charge is 2.19. The lowest BCUT2D eigenvalue weighted by Crippen LogP contribution is -2.41. The van der Waals surface area contributed by atoms with Gasteiger partial charge in [-0.25, -0.2) is 0 Å². The molecule has 0 amide bonds. The fourth-order valence-electron chi connectivity index (χ4n) is 1.99. The Morgan fingerprint density at radius 2 is 1.57 bits per heavy atom. The highest BCUT2D eigenvalue weighted by atomic mass is 15.2. The Kier molecular flexibility index (Phi) is 6.54. The Morgan fingerprint density at radius 3 is 1.86 bits per heavy atom. The van der Waals surface area contributed by atoms with Gasteiger partial charge in [0.25, 0.3) is 0 Å². The van der Waals surface area contributed by atoms with E-state index in [-0.39, 0.29) is 0 Å². The molecule has 0 fully saturated rings. The van der Waals surface area contributed by atoms with Gasteiger partial charge in [0.2, 0.25) is 0 Å². The first-order valence-corrected chi connectivity index (χ1v) is 5.61. The summed E-state index contributed by atoms with van der Waals surface area (Å²) in [6.07, 6.45) is 4.10. The van der Waals surface area contributed by atoms with Crippen LogP contribution in [-0.2, 0) is 0 Å². The molecule has 0 spiro atoms. The van der Waals surface area contributed by atoms with Crippen LogP contribution in [0.25, 0.3) is 0 Å². The number of hydrogen-bond donors (Lipinski definition) is 2. The van der Waals surface area contributed by atoms with Gasteiger partial charge in [-0.1, -0.05) is 20.8 Å². The average Bonchev–Trinajstić information content (AvgIpc) is 2.15. The van der Waals surface area contributed by atoms with Crippen molar-refractivity contribution in [3.63, 3.8) is 0 Å². The predicted octanol–water partition coefficient (Wildman–Crippen LogP) is 2.21.